The third-order valence-corrected chi connectivity index (χ3v) is 2.61. The molecule has 4 heteroatoms. The van der Waals surface area contributed by atoms with Crippen LogP contribution < -0.4 is 5.32 Å². The summed E-state index contributed by atoms with van der Waals surface area (Å²) in [5.41, 5.74) is 2.36. The quantitative estimate of drug-likeness (QED) is 0.699. The van der Waals surface area contributed by atoms with Crippen LogP contribution in [-0.2, 0) is 24.1 Å². The second-order valence-corrected chi connectivity index (χ2v) is 4.03. The fraction of sp³-hybridized carbons (Fsp3) is 0.692. The number of aromatic nitrogens is 2. The van der Waals surface area contributed by atoms with E-state index >= 15 is 0 Å². The number of methoxy groups -OCH3 is 1. The summed E-state index contributed by atoms with van der Waals surface area (Å²) in [5, 5.41) is 3.38. The third kappa shape index (κ3) is 4.79. The number of aryl methyl sites for hydroxylation is 1. The van der Waals surface area contributed by atoms with Crippen LogP contribution in [0.15, 0.2) is 6.20 Å². The first-order valence-electron chi connectivity index (χ1n) is 6.35. The predicted molar refractivity (Wildman–Crippen MR) is 69.0 cm³/mol. The van der Waals surface area contributed by atoms with Gasteiger partial charge in [0.15, 0.2) is 0 Å². The van der Waals surface area contributed by atoms with Gasteiger partial charge in [-0.3, -0.25) is 0 Å². The third-order valence-electron chi connectivity index (χ3n) is 2.61. The van der Waals surface area contributed by atoms with Crippen molar-refractivity contribution in [2.45, 2.75) is 39.7 Å². The number of nitrogens with zero attached hydrogens (tertiary/aromatic N) is 2. The summed E-state index contributed by atoms with van der Waals surface area (Å²) in [4.78, 5) is 8.95. The largest absolute Gasteiger partial charge is 0.384 e. The van der Waals surface area contributed by atoms with Crippen molar-refractivity contribution < 1.29 is 4.74 Å². The fourth-order valence-electron chi connectivity index (χ4n) is 1.65. The summed E-state index contributed by atoms with van der Waals surface area (Å²) in [5.74, 6) is 0.878. The highest BCUT2D eigenvalue weighted by Crippen LogP contribution is 2.07. The van der Waals surface area contributed by atoms with Gasteiger partial charge in [0.2, 0.25) is 0 Å². The first kappa shape index (κ1) is 14.1. The Hall–Kier alpha value is -1.00. The van der Waals surface area contributed by atoms with Crippen LogP contribution in [0.5, 0.6) is 0 Å². The molecule has 17 heavy (non-hydrogen) atoms. The Morgan fingerprint density at radius 2 is 2.18 bits per heavy atom. The Bertz CT molecular complexity index is 328. The molecule has 1 heterocycles. The van der Waals surface area contributed by atoms with Crippen LogP contribution in [0, 0.1) is 0 Å². The average Bonchev–Trinajstić information content (AvgIpc) is 2.37. The van der Waals surface area contributed by atoms with Gasteiger partial charge in [-0.15, -0.1) is 0 Å². The standard InChI is InChI=1S/C13H23N3O/c1-4-7-14-9-11-10-15-13(6-8-17-3)16-12(11)5-2/h10,14H,4-9H2,1-3H3. The van der Waals surface area contributed by atoms with E-state index in [1.165, 1.54) is 5.56 Å². The highest BCUT2D eigenvalue weighted by atomic mass is 16.5. The summed E-state index contributed by atoms with van der Waals surface area (Å²) >= 11 is 0. The van der Waals surface area contributed by atoms with Gasteiger partial charge in [-0.05, 0) is 19.4 Å². The van der Waals surface area contributed by atoms with Crippen molar-refractivity contribution in [3.8, 4) is 0 Å². The van der Waals surface area contributed by atoms with Crippen molar-refractivity contribution in [2.24, 2.45) is 0 Å². The molecule has 96 valence electrons. The van der Waals surface area contributed by atoms with Crippen molar-refractivity contribution >= 4 is 0 Å². The second-order valence-electron chi connectivity index (χ2n) is 4.03. The molecule has 0 fully saturated rings. The van der Waals surface area contributed by atoms with Crippen molar-refractivity contribution in [1.29, 1.82) is 0 Å². The zero-order valence-electron chi connectivity index (χ0n) is 11.1. The highest BCUT2D eigenvalue weighted by Gasteiger charge is 2.05. The van der Waals surface area contributed by atoms with Gasteiger partial charge in [-0.2, -0.15) is 0 Å². The SMILES string of the molecule is CCCNCc1cnc(CCOC)nc1CC. The van der Waals surface area contributed by atoms with Gasteiger partial charge in [-0.25, -0.2) is 9.97 Å². The maximum Gasteiger partial charge on any atom is 0.130 e. The lowest BCUT2D eigenvalue weighted by molar-refractivity contribution is 0.200. The number of nitrogens with one attached hydrogen (secondary N) is 1. The number of hydrogen-bond donors (Lipinski definition) is 1. The fourth-order valence-corrected chi connectivity index (χ4v) is 1.65. The molecule has 1 rings (SSSR count). The molecule has 0 aromatic carbocycles. The van der Waals surface area contributed by atoms with Gasteiger partial charge in [0, 0.05) is 37.5 Å². The van der Waals surface area contributed by atoms with E-state index in [4.69, 9.17) is 4.74 Å². The van der Waals surface area contributed by atoms with Gasteiger partial charge in [0.05, 0.1) is 6.61 Å². The van der Waals surface area contributed by atoms with E-state index in [1.54, 1.807) is 7.11 Å². The molecule has 4 nitrogen and oxygen atoms in total. The molecular formula is C13H23N3O. The summed E-state index contributed by atoms with van der Waals surface area (Å²) in [6.07, 6.45) is 4.82. The molecule has 0 bridgehead atoms. The molecule has 0 saturated carbocycles. The molecule has 0 radical (unpaired) electrons. The monoisotopic (exact) mass is 237 g/mol. The van der Waals surface area contributed by atoms with Crippen LogP contribution in [0.25, 0.3) is 0 Å². The number of rotatable bonds is 8. The predicted octanol–water partition coefficient (Wildman–Crippen LogP) is 1.73. The molecule has 1 aromatic heterocycles. The smallest absolute Gasteiger partial charge is 0.130 e. The Labute approximate surface area is 104 Å². The van der Waals surface area contributed by atoms with Gasteiger partial charge in [0.1, 0.15) is 5.82 Å². The Morgan fingerprint density at radius 3 is 2.82 bits per heavy atom. The topological polar surface area (TPSA) is 47.0 Å². The van der Waals surface area contributed by atoms with Crippen molar-refractivity contribution in [1.82, 2.24) is 15.3 Å². The molecule has 0 unspecified atom stereocenters. The molecular weight excluding hydrogens is 214 g/mol. The number of hydrogen-bond acceptors (Lipinski definition) is 4. The molecule has 0 amide bonds. The van der Waals surface area contributed by atoms with Crippen LogP contribution in [0.1, 0.15) is 37.4 Å². The van der Waals surface area contributed by atoms with E-state index in [0.717, 1.165) is 43.9 Å². The maximum absolute atomic E-state index is 5.04. The number of ether oxygens (including phenoxy) is 1. The van der Waals surface area contributed by atoms with Crippen LogP contribution >= 0.6 is 0 Å². The molecule has 0 spiro atoms. The van der Waals surface area contributed by atoms with Gasteiger partial charge >= 0.3 is 0 Å². The molecule has 1 aromatic rings. The Balaban J connectivity index is 2.64. The molecule has 0 aliphatic carbocycles. The second kappa shape index (κ2) is 8.14. The summed E-state index contributed by atoms with van der Waals surface area (Å²) in [6, 6.07) is 0. The molecule has 0 aliphatic heterocycles. The van der Waals surface area contributed by atoms with Crippen molar-refractivity contribution in [2.75, 3.05) is 20.3 Å². The van der Waals surface area contributed by atoms with E-state index < -0.39 is 0 Å². The molecule has 0 aliphatic rings. The van der Waals surface area contributed by atoms with Crippen molar-refractivity contribution in [3.63, 3.8) is 0 Å². The van der Waals surface area contributed by atoms with E-state index in [0.29, 0.717) is 6.61 Å². The van der Waals surface area contributed by atoms with E-state index in [9.17, 15) is 0 Å². The molecule has 1 N–H and O–H groups in total. The van der Waals surface area contributed by atoms with Crippen LogP contribution in [0.2, 0.25) is 0 Å². The molecule has 0 saturated heterocycles. The van der Waals surface area contributed by atoms with Crippen LogP contribution in [0.4, 0.5) is 0 Å². The average molecular weight is 237 g/mol. The lowest BCUT2D eigenvalue weighted by atomic mass is 10.2. The van der Waals surface area contributed by atoms with Gasteiger partial charge in [-0.1, -0.05) is 13.8 Å². The Kier molecular flexibility index (Phi) is 6.74. The zero-order chi connectivity index (χ0) is 12.5. The maximum atomic E-state index is 5.04. The Morgan fingerprint density at radius 1 is 1.35 bits per heavy atom. The summed E-state index contributed by atoms with van der Waals surface area (Å²) in [6.45, 7) is 6.87. The zero-order valence-corrected chi connectivity index (χ0v) is 11.1. The highest BCUT2D eigenvalue weighted by molar-refractivity contribution is 5.17. The van der Waals surface area contributed by atoms with E-state index in [2.05, 4.69) is 29.1 Å². The lowest BCUT2D eigenvalue weighted by Crippen LogP contribution is -2.16. The lowest BCUT2D eigenvalue weighted by Gasteiger charge is -2.09. The first-order chi connectivity index (χ1) is 8.31. The van der Waals surface area contributed by atoms with Crippen molar-refractivity contribution in [3.05, 3.63) is 23.3 Å². The summed E-state index contributed by atoms with van der Waals surface area (Å²) in [7, 11) is 1.70. The van der Waals surface area contributed by atoms with Gasteiger partial charge < -0.3 is 10.1 Å². The van der Waals surface area contributed by atoms with Crippen LogP contribution in [-0.4, -0.2) is 30.2 Å². The minimum absolute atomic E-state index is 0.677. The van der Waals surface area contributed by atoms with Gasteiger partial charge in [0.25, 0.3) is 0 Å². The normalized spacial score (nSPS) is 10.8. The molecule has 0 atom stereocenters. The minimum atomic E-state index is 0.677. The first-order valence-corrected chi connectivity index (χ1v) is 6.35. The van der Waals surface area contributed by atoms with E-state index in [-0.39, 0.29) is 0 Å². The summed E-state index contributed by atoms with van der Waals surface area (Å²) < 4.78 is 5.04. The van der Waals surface area contributed by atoms with E-state index in [1.807, 2.05) is 6.20 Å². The minimum Gasteiger partial charge on any atom is -0.384 e. The van der Waals surface area contributed by atoms with Crippen LogP contribution in [0.3, 0.4) is 0 Å².